The fourth-order valence-corrected chi connectivity index (χ4v) is 8.23. The summed E-state index contributed by atoms with van der Waals surface area (Å²) in [4.78, 5) is 0. The third-order valence-electron chi connectivity index (χ3n) is 9.99. The van der Waals surface area contributed by atoms with Gasteiger partial charge in [-0.15, -0.1) is 0 Å². The van der Waals surface area contributed by atoms with E-state index in [0.29, 0.717) is 0 Å². The van der Waals surface area contributed by atoms with E-state index in [0.717, 1.165) is 0 Å². The zero-order valence-electron chi connectivity index (χ0n) is 23.8. The second-order valence-corrected chi connectivity index (χ2v) is 12.1. The van der Waals surface area contributed by atoms with Gasteiger partial charge in [0.1, 0.15) is 0 Å². The minimum atomic E-state index is 1.25. The third-order valence-corrected chi connectivity index (χ3v) is 9.99. The first-order chi connectivity index (χ1) is 21.9. The van der Waals surface area contributed by atoms with Crippen molar-refractivity contribution in [2.24, 2.45) is 0 Å². The SMILES string of the molecule is c1ccc(-c2ccc3c(c2)c2cccc4c5cccc(-c6ccc7c8ccccc8n8c9ccccc9c6c78)c5n3c24)cc1. The van der Waals surface area contributed by atoms with Crippen molar-refractivity contribution in [2.75, 3.05) is 0 Å². The molecule has 0 aliphatic carbocycles. The first-order valence-electron chi connectivity index (χ1n) is 15.3. The Morgan fingerprint density at radius 2 is 0.909 bits per heavy atom. The summed E-state index contributed by atoms with van der Waals surface area (Å²) in [6.07, 6.45) is 0. The van der Waals surface area contributed by atoms with E-state index >= 15 is 0 Å². The molecule has 0 saturated heterocycles. The van der Waals surface area contributed by atoms with E-state index in [1.54, 1.807) is 0 Å². The smallest absolute Gasteiger partial charge is 0.0626 e. The van der Waals surface area contributed by atoms with E-state index in [-0.39, 0.29) is 0 Å². The van der Waals surface area contributed by atoms with E-state index in [2.05, 4.69) is 154 Å². The number of rotatable bonds is 2. The van der Waals surface area contributed by atoms with Crippen LogP contribution < -0.4 is 0 Å². The second kappa shape index (κ2) is 7.94. The highest BCUT2D eigenvalue weighted by molar-refractivity contribution is 6.30. The number of hydrogen-bond donors (Lipinski definition) is 0. The fraction of sp³-hybridized carbons (Fsp3) is 0. The summed E-state index contributed by atoms with van der Waals surface area (Å²) >= 11 is 0. The molecule has 0 bridgehead atoms. The quantitative estimate of drug-likeness (QED) is 0.200. The van der Waals surface area contributed by atoms with Crippen LogP contribution in [0.4, 0.5) is 0 Å². The molecular weight excluding hydrogens is 532 g/mol. The zero-order valence-corrected chi connectivity index (χ0v) is 23.8. The average molecular weight is 557 g/mol. The lowest BCUT2D eigenvalue weighted by molar-refractivity contribution is 1.37. The summed E-state index contributed by atoms with van der Waals surface area (Å²) in [5.41, 5.74) is 12.7. The van der Waals surface area contributed by atoms with Crippen LogP contribution in [0.2, 0.25) is 0 Å². The van der Waals surface area contributed by atoms with E-state index in [1.165, 1.54) is 98.4 Å². The highest BCUT2D eigenvalue weighted by atomic mass is 14.9. The number of hydrogen-bond acceptors (Lipinski definition) is 0. The molecular formula is C42H24N2. The van der Waals surface area contributed by atoms with Gasteiger partial charge in [0.15, 0.2) is 0 Å². The molecule has 7 aromatic carbocycles. The van der Waals surface area contributed by atoms with Crippen LogP contribution in [0.15, 0.2) is 146 Å². The highest BCUT2D eigenvalue weighted by Gasteiger charge is 2.24. The Balaban J connectivity index is 1.32. The molecule has 0 atom stereocenters. The number of para-hydroxylation sites is 4. The Labute approximate surface area is 252 Å². The first-order valence-corrected chi connectivity index (χ1v) is 15.3. The largest absolute Gasteiger partial charge is 0.308 e. The summed E-state index contributed by atoms with van der Waals surface area (Å²) in [5, 5.41) is 10.5. The lowest BCUT2D eigenvalue weighted by Gasteiger charge is -2.10. The predicted molar refractivity (Wildman–Crippen MR) is 187 cm³/mol. The van der Waals surface area contributed by atoms with E-state index in [9.17, 15) is 0 Å². The van der Waals surface area contributed by atoms with Gasteiger partial charge in [-0.25, -0.2) is 0 Å². The van der Waals surface area contributed by atoms with Crippen molar-refractivity contribution in [3.8, 4) is 22.3 Å². The van der Waals surface area contributed by atoms with Gasteiger partial charge in [-0.2, -0.15) is 0 Å². The van der Waals surface area contributed by atoms with Gasteiger partial charge in [0.2, 0.25) is 0 Å². The molecule has 0 amide bonds. The molecule has 0 aliphatic heterocycles. The monoisotopic (exact) mass is 556 g/mol. The molecule has 0 unspecified atom stereocenters. The molecule has 11 aromatic rings. The van der Waals surface area contributed by atoms with Crippen LogP contribution in [0.1, 0.15) is 0 Å². The molecule has 4 aromatic heterocycles. The van der Waals surface area contributed by atoms with Gasteiger partial charge in [-0.1, -0.05) is 121 Å². The fourth-order valence-electron chi connectivity index (χ4n) is 8.23. The minimum absolute atomic E-state index is 1.25. The average Bonchev–Trinajstić information content (AvgIpc) is 3.82. The first kappa shape index (κ1) is 22.7. The Morgan fingerprint density at radius 3 is 1.75 bits per heavy atom. The molecule has 0 fully saturated rings. The number of aromatic nitrogens is 2. The molecule has 44 heavy (non-hydrogen) atoms. The van der Waals surface area contributed by atoms with Crippen LogP contribution in [-0.2, 0) is 0 Å². The maximum absolute atomic E-state index is 2.53. The van der Waals surface area contributed by atoms with Crippen LogP contribution in [-0.4, -0.2) is 8.80 Å². The minimum Gasteiger partial charge on any atom is -0.308 e. The Bertz CT molecular complexity index is 2920. The van der Waals surface area contributed by atoms with Gasteiger partial charge >= 0.3 is 0 Å². The number of nitrogens with zero attached hydrogens (tertiary/aromatic N) is 2. The molecule has 2 nitrogen and oxygen atoms in total. The van der Waals surface area contributed by atoms with Gasteiger partial charge in [0, 0.05) is 48.7 Å². The molecule has 0 aliphatic rings. The summed E-state index contributed by atoms with van der Waals surface area (Å²) in [6, 6.07) is 53.8. The normalized spacial score (nSPS) is 12.5. The van der Waals surface area contributed by atoms with Gasteiger partial charge in [-0.3, -0.25) is 0 Å². The van der Waals surface area contributed by atoms with E-state index in [1.807, 2.05) is 0 Å². The van der Waals surface area contributed by atoms with Crippen LogP contribution >= 0.6 is 0 Å². The number of benzene rings is 7. The van der Waals surface area contributed by atoms with Crippen molar-refractivity contribution in [2.45, 2.75) is 0 Å². The zero-order chi connectivity index (χ0) is 28.5. The van der Waals surface area contributed by atoms with Gasteiger partial charge in [-0.05, 0) is 41.0 Å². The van der Waals surface area contributed by atoms with Gasteiger partial charge in [0.05, 0.1) is 33.1 Å². The van der Waals surface area contributed by atoms with E-state index < -0.39 is 0 Å². The second-order valence-electron chi connectivity index (χ2n) is 12.1. The van der Waals surface area contributed by atoms with Crippen molar-refractivity contribution in [1.82, 2.24) is 8.80 Å². The van der Waals surface area contributed by atoms with Crippen LogP contribution in [0.25, 0.3) is 98.4 Å². The summed E-state index contributed by atoms with van der Waals surface area (Å²) in [7, 11) is 0. The van der Waals surface area contributed by atoms with Gasteiger partial charge < -0.3 is 8.80 Å². The summed E-state index contributed by atoms with van der Waals surface area (Å²) in [5.74, 6) is 0. The van der Waals surface area contributed by atoms with Crippen molar-refractivity contribution >= 4 is 76.2 Å². The Kier molecular flexibility index (Phi) is 4.10. The maximum atomic E-state index is 2.53. The molecule has 0 radical (unpaired) electrons. The number of fused-ring (bicyclic) bond motifs is 12. The summed E-state index contributed by atoms with van der Waals surface area (Å²) < 4.78 is 5.01. The topological polar surface area (TPSA) is 8.82 Å². The molecule has 4 heterocycles. The molecule has 0 N–H and O–H groups in total. The lowest BCUT2D eigenvalue weighted by atomic mass is 9.95. The van der Waals surface area contributed by atoms with Crippen LogP contribution in [0, 0.1) is 0 Å². The lowest BCUT2D eigenvalue weighted by Crippen LogP contribution is -1.87. The third kappa shape index (κ3) is 2.63. The maximum Gasteiger partial charge on any atom is 0.0626 e. The van der Waals surface area contributed by atoms with Gasteiger partial charge in [0.25, 0.3) is 0 Å². The standard InChI is InChI=1S/C42H24N2/c1-2-10-25(11-3-1)26-20-23-38-35(24-26)32-17-9-16-31-30-15-8-14-29(40(30)44(38)41(31)32)28-21-22-33-27-12-4-6-18-36(27)43-37-19-7-5-13-34(37)39(28)42(33)43/h1-24H. The van der Waals surface area contributed by atoms with Crippen molar-refractivity contribution < 1.29 is 0 Å². The molecule has 11 rings (SSSR count). The molecule has 2 heteroatoms. The van der Waals surface area contributed by atoms with Crippen LogP contribution in [0.5, 0.6) is 0 Å². The summed E-state index contributed by atoms with van der Waals surface area (Å²) in [6.45, 7) is 0. The van der Waals surface area contributed by atoms with Crippen molar-refractivity contribution in [1.29, 1.82) is 0 Å². The Hall–Kier alpha value is -5.86. The Morgan fingerprint density at radius 1 is 0.295 bits per heavy atom. The predicted octanol–water partition coefficient (Wildman–Crippen LogP) is 11.3. The van der Waals surface area contributed by atoms with Crippen LogP contribution in [0.3, 0.4) is 0 Å². The highest BCUT2D eigenvalue weighted by Crippen LogP contribution is 2.47. The van der Waals surface area contributed by atoms with Crippen molar-refractivity contribution in [3.63, 3.8) is 0 Å². The van der Waals surface area contributed by atoms with E-state index in [4.69, 9.17) is 0 Å². The molecule has 202 valence electrons. The molecule has 0 saturated carbocycles. The van der Waals surface area contributed by atoms with Crippen molar-refractivity contribution in [3.05, 3.63) is 146 Å². The molecule has 0 spiro atoms.